The number of carbonyl (C=O) groups is 1. The molecule has 0 radical (unpaired) electrons. The number of aryl methyl sites for hydroxylation is 2. The molecule has 36 heavy (non-hydrogen) atoms. The van der Waals surface area contributed by atoms with Crippen LogP contribution in [0, 0.1) is 12.7 Å². The van der Waals surface area contributed by atoms with Crippen molar-refractivity contribution < 1.29 is 22.4 Å². The maximum Gasteiger partial charge on any atom is 0.433 e. The Morgan fingerprint density at radius 2 is 1.69 bits per heavy atom. The third-order valence-corrected chi connectivity index (χ3v) is 5.40. The topological polar surface area (TPSA) is 90.0 Å². The molecule has 5 aromatic rings. The van der Waals surface area contributed by atoms with Gasteiger partial charge < -0.3 is 5.32 Å². The van der Waals surface area contributed by atoms with E-state index in [4.69, 9.17) is 0 Å². The summed E-state index contributed by atoms with van der Waals surface area (Å²) in [5, 5.41) is 11.6. The fourth-order valence-corrected chi connectivity index (χ4v) is 3.73. The highest BCUT2D eigenvalue weighted by atomic mass is 19.4. The second kappa shape index (κ2) is 8.56. The van der Waals surface area contributed by atoms with E-state index in [1.54, 1.807) is 42.2 Å². The number of fused-ring (bicyclic) bond motifs is 1. The van der Waals surface area contributed by atoms with Gasteiger partial charge in [-0.25, -0.2) is 18.9 Å². The minimum atomic E-state index is -4.60. The Morgan fingerprint density at radius 1 is 0.944 bits per heavy atom. The quantitative estimate of drug-likeness (QED) is 0.358. The highest BCUT2D eigenvalue weighted by Crippen LogP contribution is 2.30. The van der Waals surface area contributed by atoms with E-state index in [-0.39, 0.29) is 22.9 Å². The summed E-state index contributed by atoms with van der Waals surface area (Å²) in [6.45, 7) is 1.33. The molecule has 8 nitrogen and oxygen atoms in total. The number of amides is 1. The standard InChI is InChI=1S/C24H17F4N7O/c1-13-16(7-9-19(29-13)24(26,27)28)23(36)31-20-12-35-21(30-20)10-8-18(32-35)17-11-34(2)33-22(17)14-3-5-15(25)6-4-14/h3-12H,1-2H3,(H,31,36). The highest BCUT2D eigenvalue weighted by molar-refractivity contribution is 6.04. The second-order valence-electron chi connectivity index (χ2n) is 8.00. The van der Waals surface area contributed by atoms with Gasteiger partial charge in [-0.1, -0.05) is 0 Å². The first-order valence-electron chi connectivity index (χ1n) is 10.6. The third kappa shape index (κ3) is 4.40. The number of nitrogens with zero attached hydrogens (tertiary/aromatic N) is 6. The molecule has 0 aliphatic rings. The Hall–Kier alpha value is -4.61. The lowest BCUT2D eigenvalue weighted by Gasteiger charge is -2.09. The van der Waals surface area contributed by atoms with E-state index in [2.05, 4.69) is 25.5 Å². The molecule has 1 N–H and O–H groups in total. The van der Waals surface area contributed by atoms with Crippen LogP contribution in [0.1, 0.15) is 21.7 Å². The van der Waals surface area contributed by atoms with Crippen LogP contribution in [0.5, 0.6) is 0 Å². The highest BCUT2D eigenvalue weighted by Gasteiger charge is 2.33. The van der Waals surface area contributed by atoms with Crippen LogP contribution in [0.15, 0.2) is 60.9 Å². The fourth-order valence-electron chi connectivity index (χ4n) is 3.73. The molecule has 5 rings (SSSR count). The van der Waals surface area contributed by atoms with Crippen molar-refractivity contribution in [1.29, 1.82) is 0 Å². The average Bonchev–Trinajstić information content (AvgIpc) is 3.40. The van der Waals surface area contributed by atoms with E-state index < -0.39 is 17.8 Å². The number of pyridine rings is 1. The molecular formula is C24H17F4N7O. The maximum absolute atomic E-state index is 13.4. The summed E-state index contributed by atoms with van der Waals surface area (Å²) in [5.41, 5.74) is 1.89. The summed E-state index contributed by atoms with van der Waals surface area (Å²) in [6.07, 6.45) is -1.33. The second-order valence-corrected chi connectivity index (χ2v) is 8.00. The van der Waals surface area contributed by atoms with Crippen LogP contribution in [0.25, 0.3) is 28.2 Å². The van der Waals surface area contributed by atoms with Gasteiger partial charge in [0.15, 0.2) is 11.5 Å². The summed E-state index contributed by atoms with van der Waals surface area (Å²) in [7, 11) is 1.76. The Balaban J connectivity index is 1.43. The normalized spacial score (nSPS) is 11.7. The van der Waals surface area contributed by atoms with Crippen molar-refractivity contribution in [2.24, 2.45) is 7.05 Å². The molecule has 4 aromatic heterocycles. The van der Waals surface area contributed by atoms with Gasteiger partial charge in [0.2, 0.25) is 0 Å². The lowest BCUT2D eigenvalue weighted by atomic mass is 10.1. The Kier molecular flexibility index (Phi) is 5.50. The van der Waals surface area contributed by atoms with Gasteiger partial charge in [0, 0.05) is 24.4 Å². The van der Waals surface area contributed by atoms with Crippen molar-refractivity contribution in [2.45, 2.75) is 13.1 Å². The first-order chi connectivity index (χ1) is 17.1. The minimum Gasteiger partial charge on any atom is -0.305 e. The van der Waals surface area contributed by atoms with Crippen molar-refractivity contribution in [2.75, 3.05) is 5.32 Å². The lowest BCUT2D eigenvalue weighted by Crippen LogP contribution is -2.16. The maximum atomic E-state index is 13.4. The lowest BCUT2D eigenvalue weighted by molar-refractivity contribution is -0.141. The molecule has 0 fully saturated rings. The number of imidazole rings is 1. The zero-order valence-electron chi connectivity index (χ0n) is 18.9. The summed E-state index contributed by atoms with van der Waals surface area (Å²) in [6, 6.07) is 11.2. The van der Waals surface area contributed by atoms with Crippen molar-refractivity contribution >= 4 is 17.4 Å². The Bertz CT molecular complexity index is 1600. The van der Waals surface area contributed by atoms with Crippen molar-refractivity contribution in [3.05, 3.63) is 83.7 Å². The van der Waals surface area contributed by atoms with Crippen molar-refractivity contribution in [1.82, 2.24) is 29.4 Å². The number of carbonyl (C=O) groups excluding carboxylic acids is 1. The van der Waals surface area contributed by atoms with Crippen LogP contribution in [-0.4, -0.2) is 35.3 Å². The smallest absolute Gasteiger partial charge is 0.305 e. The first-order valence-corrected chi connectivity index (χ1v) is 10.6. The molecular weight excluding hydrogens is 478 g/mol. The number of halogens is 4. The number of benzene rings is 1. The molecule has 0 atom stereocenters. The molecule has 182 valence electrons. The molecule has 0 aliphatic heterocycles. The Morgan fingerprint density at radius 3 is 2.39 bits per heavy atom. The number of alkyl halides is 3. The molecule has 0 bridgehead atoms. The number of aromatic nitrogens is 6. The van der Waals surface area contributed by atoms with Gasteiger partial charge in [0.1, 0.15) is 17.2 Å². The number of anilines is 1. The van der Waals surface area contributed by atoms with Gasteiger partial charge in [-0.15, -0.1) is 0 Å². The molecule has 4 heterocycles. The zero-order valence-corrected chi connectivity index (χ0v) is 18.9. The van der Waals surface area contributed by atoms with Gasteiger partial charge in [-0.3, -0.25) is 9.48 Å². The van der Waals surface area contributed by atoms with Crippen LogP contribution in [-0.2, 0) is 13.2 Å². The van der Waals surface area contributed by atoms with E-state index in [0.29, 0.717) is 28.2 Å². The number of hydrogen-bond acceptors (Lipinski definition) is 5. The third-order valence-electron chi connectivity index (χ3n) is 5.40. The monoisotopic (exact) mass is 495 g/mol. The van der Waals surface area contributed by atoms with Crippen LogP contribution >= 0.6 is 0 Å². The van der Waals surface area contributed by atoms with Crippen molar-refractivity contribution in [3.63, 3.8) is 0 Å². The molecule has 0 unspecified atom stereocenters. The number of hydrogen-bond donors (Lipinski definition) is 1. The molecule has 1 amide bonds. The SMILES string of the molecule is Cc1nc(C(F)(F)F)ccc1C(=O)Nc1cn2nc(-c3cn(C)nc3-c3ccc(F)cc3)ccc2n1. The molecule has 0 saturated heterocycles. The largest absolute Gasteiger partial charge is 0.433 e. The fraction of sp³-hybridized carbons (Fsp3) is 0.125. The van der Waals surface area contributed by atoms with Gasteiger partial charge in [-0.05, 0) is 55.5 Å². The van der Waals surface area contributed by atoms with Crippen LogP contribution in [0.3, 0.4) is 0 Å². The Labute approximate surface area is 201 Å². The average molecular weight is 495 g/mol. The van der Waals surface area contributed by atoms with Crippen molar-refractivity contribution in [3.8, 4) is 22.5 Å². The summed E-state index contributed by atoms with van der Waals surface area (Å²) >= 11 is 0. The van der Waals surface area contributed by atoms with E-state index >= 15 is 0 Å². The zero-order chi connectivity index (χ0) is 25.6. The predicted octanol–water partition coefficient (Wildman–Crippen LogP) is 4.91. The minimum absolute atomic E-state index is 0.00648. The van der Waals surface area contributed by atoms with Gasteiger partial charge in [0.05, 0.1) is 23.1 Å². The van der Waals surface area contributed by atoms with E-state index in [1.165, 1.54) is 29.8 Å². The van der Waals surface area contributed by atoms with Crippen LogP contribution in [0.2, 0.25) is 0 Å². The van der Waals surface area contributed by atoms with Crippen LogP contribution < -0.4 is 5.32 Å². The van der Waals surface area contributed by atoms with Crippen LogP contribution in [0.4, 0.5) is 23.4 Å². The molecule has 0 spiro atoms. The predicted molar refractivity (Wildman–Crippen MR) is 123 cm³/mol. The van der Waals surface area contributed by atoms with Gasteiger partial charge in [-0.2, -0.15) is 23.4 Å². The van der Waals surface area contributed by atoms with Gasteiger partial charge >= 0.3 is 6.18 Å². The summed E-state index contributed by atoms with van der Waals surface area (Å²) < 4.78 is 55.0. The molecule has 1 aromatic carbocycles. The van der Waals surface area contributed by atoms with Gasteiger partial charge in [0.25, 0.3) is 5.91 Å². The summed E-state index contributed by atoms with van der Waals surface area (Å²) in [4.78, 5) is 20.4. The van der Waals surface area contributed by atoms with E-state index in [1.807, 2.05) is 0 Å². The first kappa shape index (κ1) is 23.1. The number of rotatable bonds is 4. The number of nitrogens with one attached hydrogen (secondary N) is 1. The molecule has 0 saturated carbocycles. The van der Waals surface area contributed by atoms with E-state index in [9.17, 15) is 22.4 Å². The van der Waals surface area contributed by atoms with E-state index in [0.717, 1.165) is 12.1 Å². The molecule has 12 heteroatoms. The molecule has 0 aliphatic carbocycles. The summed E-state index contributed by atoms with van der Waals surface area (Å²) in [5.74, 6) is -0.844.